The number of nitrogens with zero attached hydrogens (tertiary/aromatic N) is 2. The Morgan fingerprint density at radius 1 is 0.967 bits per heavy atom. The molecular weight excluding hydrogens is 400 g/mol. The Balaban J connectivity index is 1.48. The van der Waals surface area contributed by atoms with E-state index in [0.29, 0.717) is 11.1 Å². The highest BCUT2D eigenvalue weighted by atomic mass is 32.2. The molecule has 0 aliphatic rings. The molecule has 0 atom stereocenters. The van der Waals surface area contributed by atoms with E-state index in [2.05, 4.69) is 20.8 Å². The van der Waals surface area contributed by atoms with Crippen LogP contribution in [0.4, 0.5) is 5.69 Å². The van der Waals surface area contributed by atoms with E-state index in [1.165, 1.54) is 0 Å². The van der Waals surface area contributed by atoms with Crippen molar-refractivity contribution in [2.45, 2.75) is 32.9 Å². The average Bonchev–Trinajstić information content (AvgIpc) is 3.16. The van der Waals surface area contributed by atoms with Gasteiger partial charge in [-0.15, -0.1) is 10.2 Å². The van der Waals surface area contributed by atoms with Crippen molar-refractivity contribution in [2.24, 2.45) is 0 Å². The van der Waals surface area contributed by atoms with Crippen LogP contribution in [0.3, 0.4) is 0 Å². The van der Waals surface area contributed by atoms with Gasteiger partial charge in [-0.1, -0.05) is 47.7 Å². The molecule has 0 unspecified atom stereocenters. The SMILES string of the molecule is Cc1cc(C)c(NC(=O)CNC(=O)CSc2nnc(-c3ccccc3C)o2)c(C)c1. The standard InChI is InChI=1S/C22H24N4O3S/c1-13-9-15(3)20(16(4)10-13)24-18(27)11-23-19(28)12-30-22-26-25-21(29-22)17-8-6-5-7-14(17)2/h5-10H,11-12H2,1-4H3,(H,23,28)(H,24,27). The number of thioether (sulfide) groups is 1. The number of hydrogen-bond acceptors (Lipinski definition) is 6. The summed E-state index contributed by atoms with van der Waals surface area (Å²) < 4.78 is 5.62. The lowest BCUT2D eigenvalue weighted by Gasteiger charge is -2.13. The number of aromatic nitrogens is 2. The quantitative estimate of drug-likeness (QED) is 0.560. The monoisotopic (exact) mass is 424 g/mol. The molecule has 1 heterocycles. The van der Waals surface area contributed by atoms with E-state index in [9.17, 15) is 9.59 Å². The molecule has 30 heavy (non-hydrogen) atoms. The number of nitrogens with one attached hydrogen (secondary N) is 2. The van der Waals surface area contributed by atoms with Gasteiger partial charge in [0.25, 0.3) is 5.22 Å². The Labute approximate surface area is 179 Å². The largest absolute Gasteiger partial charge is 0.411 e. The van der Waals surface area contributed by atoms with Crippen LogP contribution in [0.15, 0.2) is 46.0 Å². The van der Waals surface area contributed by atoms with Crippen LogP contribution < -0.4 is 10.6 Å². The lowest BCUT2D eigenvalue weighted by atomic mass is 10.1. The number of carbonyl (C=O) groups excluding carboxylic acids is 2. The second-order valence-corrected chi connectivity index (χ2v) is 8.00. The summed E-state index contributed by atoms with van der Waals surface area (Å²) in [6.07, 6.45) is 0. The van der Waals surface area contributed by atoms with Gasteiger partial charge in [0.15, 0.2) is 0 Å². The molecule has 0 aliphatic heterocycles. The van der Waals surface area contributed by atoms with Gasteiger partial charge >= 0.3 is 0 Å². The fourth-order valence-electron chi connectivity index (χ4n) is 3.11. The molecule has 2 amide bonds. The number of amides is 2. The predicted molar refractivity (Wildman–Crippen MR) is 117 cm³/mol. The summed E-state index contributed by atoms with van der Waals surface area (Å²) in [4.78, 5) is 24.3. The first-order chi connectivity index (χ1) is 14.3. The minimum absolute atomic E-state index is 0.0747. The van der Waals surface area contributed by atoms with Crippen molar-refractivity contribution in [3.05, 3.63) is 58.7 Å². The van der Waals surface area contributed by atoms with Crippen molar-refractivity contribution in [3.63, 3.8) is 0 Å². The fraction of sp³-hybridized carbons (Fsp3) is 0.273. The van der Waals surface area contributed by atoms with E-state index in [1.54, 1.807) is 0 Å². The Morgan fingerprint density at radius 2 is 1.67 bits per heavy atom. The molecule has 3 aromatic rings. The summed E-state index contributed by atoms with van der Waals surface area (Å²) in [6, 6.07) is 11.7. The van der Waals surface area contributed by atoms with E-state index in [4.69, 9.17) is 4.42 Å². The summed E-state index contributed by atoms with van der Waals surface area (Å²) in [6.45, 7) is 7.76. The van der Waals surface area contributed by atoms with Crippen LogP contribution in [-0.2, 0) is 9.59 Å². The van der Waals surface area contributed by atoms with Crippen molar-refractivity contribution >= 4 is 29.3 Å². The smallest absolute Gasteiger partial charge is 0.277 e. The Kier molecular flexibility index (Phi) is 6.89. The number of rotatable bonds is 7. The van der Waals surface area contributed by atoms with Gasteiger partial charge in [0.2, 0.25) is 17.7 Å². The molecule has 156 valence electrons. The molecule has 0 saturated heterocycles. The zero-order valence-electron chi connectivity index (χ0n) is 17.4. The molecule has 1 aromatic heterocycles. The third kappa shape index (κ3) is 5.48. The fourth-order valence-corrected chi connectivity index (χ4v) is 3.70. The number of hydrogen-bond donors (Lipinski definition) is 2. The first-order valence-corrected chi connectivity index (χ1v) is 10.5. The summed E-state index contributed by atoms with van der Waals surface area (Å²) in [5.41, 5.74) is 5.79. The van der Waals surface area contributed by atoms with Gasteiger partial charge in [-0.05, 0) is 50.5 Å². The number of carbonyl (C=O) groups is 2. The van der Waals surface area contributed by atoms with E-state index >= 15 is 0 Å². The van der Waals surface area contributed by atoms with Crippen molar-refractivity contribution in [1.82, 2.24) is 15.5 Å². The topological polar surface area (TPSA) is 97.1 Å². The summed E-state index contributed by atoms with van der Waals surface area (Å²) >= 11 is 1.13. The summed E-state index contributed by atoms with van der Waals surface area (Å²) in [5, 5.41) is 13.8. The first kappa shape index (κ1) is 21.6. The predicted octanol–water partition coefficient (Wildman–Crippen LogP) is 3.82. The van der Waals surface area contributed by atoms with E-state index in [-0.39, 0.29) is 24.1 Å². The molecule has 0 bridgehead atoms. The highest BCUT2D eigenvalue weighted by Gasteiger charge is 2.14. The molecule has 7 nitrogen and oxygen atoms in total. The maximum Gasteiger partial charge on any atom is 0.277 e. The molecule has 0 radical (unpaired) electrons. The van der Waals surface area contributed by atoms with Crippen LogP contribution in [0.1, 0.15) is 22.3 Å². The van der Waals surface area contributed by atoms with Gasteiger partial charge in [0.1, 0.15) is 0 Å². The normalized spacial score (nSPS) is 10.7. The molecule has 8 heteroatoms. The van der Waals surface area contributed by atoms with E-state index in [0.717, 1.165) is 45.3 Å². The minimum atomic E-state index is -0.289. The molecule has 2 N–H and O–H groups in total. The number of benzene rings is 2. The van der Waals surface area contributed by atoms with Gasteiger partial charge in [-0.3, -0.25) is 9.59 Å². The highest BCUT2D eigenvalue weighted by molar-refractivity contribution is 7.99. The number of anilines is 1. The van der Waals surface area contributed by atoms with Crippen LogP contribution in [0.2, 0.25) is 0 Å². The third-order valence-corrected chi connectivity index (χ3v) is 5.31. The van der Waals surface area contributed by atoms with Crippen LogP contribution >= 0.6 is 11.8 Å². The Bertz CT molecular complexity index is 1050. The van der Waals surface area contributed by atoms with Crippen LogP contribution in [-0.4, -0.2) is 34.3 Å². The van der Waals surface area contributed by atoms with Crippen LogP contribution in [0.25, 0.3) is 11.5 Å². The molecule has 0 saturated carbocycles. The zero-order valence-corrected chi connectivity index (χ0v) is 18.2. The maximum atomic E-state index is 12.2. The first-order valence-electron chi connectivity index (χ1n) is 9.50. The minimum Gasteiger partial charge on any atom is -0.411 e. The molecule has 0 aliphatic carbocycles. The van der Waals surface area contributed by atoms with Crippen LogP contribution in [0, 0.1) is 27.7 Å². The van der Waals surface area contributed by atoms with Crippen molar-refractivity contribution in [2.75, 3.05) is 17.6 Å². The zero-order chi connectivity index (χ0) is 21.7. The summed E-state index contributed by atoms with van der Waals surface area (Å²) in [5.74, 6) is -0.0731. The highest BCUT2D eigenvalue weighted by Crippen LogP contribution is 2.25. The van der Waals surface area contributed by atoms with E-state index < -0.39 is 0 Å². The van der Waals surface area contributed by atoms with E-state index in [1.807, 2.05) is 64.1 Å². The molecule has 3 rings (SSSR count). The lowest BCUT2D eigenvalue weighted by molar-refractivity contribution is -0.122. The maximum absolute atomic E-state index is 12.2. The Morgan fingerprint density at radius 3 is 2.37 bits per heavy atom. The van der Waals surface area contributed by atoms with Gasteiger partial charge in [0, 0.05) is 11.3 Å². The van der Waals surface area contributed by atoms with Gasteiger partial charge in [-0.2, -0.15) is 0 Å². The van der Waals surface area contributed by atoms with Crippen molar-refractivity contribution < 1.29 is 14.0 Å². The van der Waals surface area contributed by atoms with Crippen LogP contribution in [0.5, 0.6) is 0 Å². The molecular formula is C22H24N4O3S. The lowest BCUT2D eigenvalue weighted by Crippen LogP contribution is -2.34. The number of aryl methyl sites for hydroxylation is 4. The van der Waals surface area contributed by atoms with Crippen molar-refractivity contribution in [3.8, 4) is 11.5 Å². The second kappa shape index (κ2) is 9.58. The van der Waals surface area contributed by atoms with Crippen molar-refractivity contribution in [1.29, 1.82) is 0 Å². The molecule has 0 spiro atoms. The van der Waals surface area contributed by atoms with Gasteiger partial charge in [0.05, 0.1) is 12.3 Å². The Hall–Kier alpha value is -3.13. The molecule has 0 fully saturated rings. The molecule has 2 aromatic carbocycles. The average molecular weight is 425 g/mol. The van der Waals surface area contributed by atoms with Gasteiger partial charge < -0.3 is 15.1 Å². The third-order valence-electron chi connectivity index (χ3n) is 4.50. The summed E-state index contributed by atoms with van der Waals surface area (Å²) in [7, 11) is 0. The van der Waals surface area contributed by atoms with Gasteiger partial charge in [-0.25, -0.2) is 0 Å². The second-order valence-electron chi connectivity index (χ2n) is 7.08.